The van der Waals surface area contributed by atoms with Gasteiger partial charge in [-0.1, -0.05) is 0 Å². The molecule has 0 amide bonds. The van der Waals surface area contributed by atoms with Crippen LogP contribution in [0.1, 0.15) is 47.8 Å². The van der Waals surface area contributed by atoms with Crippen LogP contribution in [0.3, 0.4) is 0 Å². The highest BCUT2D eigenvalue weighted by atomic mass is 16.5. The predicted octanol–water partition coefficient (Wildman–Crippen LogP) is 3.26. The summed E-state index contributed by atoms with van der Waals surface area (Å²) in [6.07, 6.45) is 8.20. The Morgan fingerprint density at radius 2 is 1.86 bits per heavy atom. The first kappa shape index (κ1) is 13.2. The molecule has 0 radical (unpaired) electrons. The molecule has 4 rings (SSSR count). The molecule has 2 aromatic rings. The lowest BCUT2D eigenvalue weighted by Crippen LogP contribution is -2.02. The number of nitrogens with zero attached hydrogens (tertiary/aromatic N) is 2. The van der Waals surface area contributed by atoms with E-state index in [0.717, 1.165) is 42.6 Å². The van der Waals surface area contributed by atoms with Crippen LogP contribution in [-0.4, -0.2) is 27.1 Å². The normalized spacial score (nSPS) is 17.3. The van der Waals surface area contributed by atoms with Crippen LogP contribution in [0.15, 0.2) is 30.6 Å². The van der Waals surface area contributed by atoms with E-state index in [1.165, 1.54) is 0 Å². The molecule has 5 nitrogen and oxygen atoms in total. The second-order valence-electron chi connectivity index (χ2n) is 5.94. The van der Waals surface area contributed by atoms with E-state index in [9.17, 15) is 9.90 Å². The molecular weight excluding hydrogens is 280 g/mol. The molecule has 1 aromatic heterocycles. The number of aromatic nitrogens is 2. The molecule has 1 heterocycles. The van der Waals surface area contributed by atoms with Crippen LogP contribution in [0, 0.1) is 0 Å². The third-order valence-corrected chi connectivity index (χ3v) is 3.97. The van der Waals surface area contributed by atoms with Crippen molar-refractivity contribution in [1.82, 2.24) is 9.97 Å². The standard InChI is InChI=1S/C17H16N2O3/c20-17(21)11-3-6-15(22-13-4-5-13)14(7-11)12-8-18-16(19-9-12)10-1-2-10/h3,6-10,13H,1-2,4-5H2,(H,20,21). The van der Waals surface area contributed by atoms with Gasteiger partial charge in [0.2, 0.25) is 0 Å². The SMILES string of the molecule is O=C(O)c1ccc(OC2CC2)c(-c2cnc(C3CC3)nc2)c1. The van der Waals surface area contributed by atoms with E-state index in [1.54, 1.807) is 30.6 Å². The van der Waals surface area contributed by atoms with Gasteiger partial charge in [0.25, 0.3) is 0 Å². The van der Waals surface area contributed by atoms with E-state index < -0.39 is 5.97 Å². The highest BCUT2D eigenvalue weighted by Gasteiger charge is 2.27. The maximum Gasteiger partial charge on any atom is 0.335 e. The minimum Gasteiger partial charge on any atom is -0.490 e. The van der Waals surface area contributed by atoms with E-state index in [-0.39, 0.29) is 11.7 Å². The first-order valence-electron chi connectivity index (χ1n) is 7.57. The molecule has 0 atom stereocenters. The molecule has 0 unspecified atom stereocenters. The third-order valence-electron chi connectivity index (χ3n) is 3.97. The molecule has 2 aliphatic carbocycles. The Kier molecular flexibility index (Phi) is 3.06. The summed E-state index contributed by atoms with van der Waals surface area (Å²) < 4.78 is 5.89. The summed E-state index contributed by atoms with van der Waals surface area (Å²) in [7, 11) is 0. The first-order chi connectivity index (χ1) is 10.7. The van der Waals surface area contributed by atoms with Gasteiger partial charge in [0.1, 0.15) is 11.6 Å². The number of carboxylic acids is 1. The molecule has 2 saturated carbocycles. The molecule has 0 aliphatic heterocycles. The van der Waals surface area contributed by atoms with Gasteiger partial charge in [-0.15, -0.1) is 0 Å². The van der Waals surface area contributed by atoms with Gasteiger partial charge in [0.15, 0.2) is 0 Å². The fourth-order valence-electron chi connectivity index (χ4n) is 2.39. The molecule has 0 bridgehead atoms. The highest BCUT2D eigenvalue weighted by molar-refractivity contribution is 5.90. The summed E-state index contributed by atoms with van der Waals surface area (Å²) in [5.41, 5.74) is 1.78. The number of carboxylic acid groups (broad SMARTS) is 1. The second-order valence-corrected chi connectivity index (χ2v) is 5.94. The maximum atomic E-state index is 11.2. The van der Waals surface area contributed by atoms with Crippen molar-refractivity contribution in [2.24, 2.45) is 0 Å². The van der Waals surface area contributed by atoms with Crippen molar-refractivity contribution in [3.63, 3.8) is 0 Å². The van der Waals surface area contributed by atoms with Crippen molar-refractivity contribution in [1.29, 1.82) is 0 Å². The van der Waals surface area contributed by atoms with Crippen LogP contribution < -0.4 is 4.74 Å². The Hall–Kier alpha value is -2.43. The molecule has 112 valence electrons. The molecule has 2 aliphatic rings. The average Bonchev–Trinajstić information content (AvgIpc) is 3.41. The van der Waals surface area contributed by atoms with E-state index in [4.69, 9.17) is 4.74 Å². The van der Waals surface area contributed by atoms with Crippen molar-refractivity contribution in [3.05, 3.63) is 42.0 Å². The Balaban J connectivity index is 1.72. The minimum atomic E-state index is -0.949. The van der Waals surface area contributed by atoms with Crippen LogP contribution in [0.5, 0.6) is 5.75 Å². The van der Waals surface area contributed by atoms with Gasteiger partial charge in [0, 0.05) is 29.4 Å². The average molecular weight is 296 g/mol. The van der Waals surface area contributed by atoms with Crippen molar-refractivity contribution in [2.45, 2.75) is 37.7 Å². The van der Waals surface area contributed by atoms with Gasteiger partial charge in [-0.3, -0.25) is 0 Å². The number of carbonyl (C=O) groups is 1. The predicted molar refractivity (Wildman–Crippen MR) is 80.1 cm³/mol. The Bertz CT molecular complexity index is 719. The summed E-state index contributed by atoms with van der Waals surface area (Å²) >= 11 is 0. The monoisotopic (exact) mass is 296 g/mol. The molecule has 5 heteroatoms. The zero-order valence-corrected chi connectivity index (χ0v) is 12.0. The fourth-order valence-corrected chi connectivity index (χ4v) is 2.39. The second kappa shape index (κ2) is 5.09. The van der Waals surface area contributed by atoms with E-state index in [1.807, 2.05) is 0 Å². The molecule has 1 aromatic carbocycles. The summed E-state index contributed by atoms with van der Waals surface area (Å²) in [5, 5.41) is 9.19. The van der Waals surface area contributed by atoms with Crippen LogP contribution in [0.25, 0.3) is 11.1 Å². The molecule has 22 heavy (non-hydrogen) atoms. The fraction of sp³-hybridized carbons (Fsp3) is 0.353. The highest BCUT2D eigenvalue weighted by Crippen LogP contribution is 2.39. The third kappa shape index (κ3) is 2.66. The Labute approximate surface area is 128 Å². The number of benzene rings is 1. The topological polar surface area (TPSA) is 72.3 Å². The van der Waals surface area contributed by atoms with Gasteiger partial charge in [-0.05, 0) is 43.9 Å². The summed E-state index contributed by atoms with van der Waals surface area (Å²) in [6.45, 7) is 0. The quantitative estimate of drug-likeness (QED) is 0.916. The van der Waals surface area contributed by atoms with Crippen LogP contribution in [0.2, 0.25) is 0 Å². The van der Waals surface area contributed by atoms with Crippen LogP contribution in [-0.2, 0) is 0 Å². The zero-order valence-electron chi connectivity index (χ0n) is 12.0. The number of aromatic carboxylic acids is 1. The van der Waals surface area contributed by atoms with E-state index in [2.05, 4.69) is 9.97 Å². The molecular formula is C17H16N2O3. The van der Waals surface area contributed by atoms with E-state index >= 15 is 0 Å². The lowest BCUT2D eigenvalue weighted by molar-refractivity contribution is 0.0697. The summed E-state index contributed by atoms with van der Waals surface area (Å²) in [5.74, 6) is 1.13. The number of ether oxygens (including phenoxy) is 1. The molecule has 0 saturated heterocycles. The number of rotatable bonds is 5. The molecule has 0 spiro atoms. The van der Waals surface area contributed by atoms with Gasteiger partial charge >= 0.3 is 5.97 Å². The van der Waals surface area contributed by atoms with Gasteiger partial charge in [-0.2, -0.15) is 0 Å². The van der Waals surface area contributed by atoms with Gasteiger partial charge < -0.3 is 9.84 Å². The zero-order chi connectivity index (χ0) is 15.1. The van der Waals surface area contributed by atoms with E-state index in [0.29, 0.717) is 11.7 Å². The van der Waals surface area contributed by atoms with Crippen molar-refractivity contribution < 1.29 is 14.6 Å². The largest absolute Gasteiger partial charge is 0.490 e. The Morgan fingerprint density at radius 3 is 2.45 bits per heavy atom. The first-order valence-corrected chi connectivity index (χ1v) is 7.57. The molecule has 1 N–H and O–H groups in total. The van der Waals surface area contributed by atoms with Crippen LogP contribution >= 0.6 is 0 Å². The summed E-state index contributed by atoms with van der Waals surface area (Å²) in [6, 6.07) is 4.93. The van der Waals surface area contributed by atoms with Crippen molar-refractivity contribution >= 4 is 5.97 Å². The number of hydrogen-bond acceptors (Lipinski definition) is 4. The minimum absolute atomic E-state index is 0.240. The van der Waals surface area contributed by atoms with Crippen molar-refractivity contribution in [2.75, 3.05) is 0 Å². The lowest BCUT2D eigenvalue weighted by Gasteiger charge is -2.12. The lowest BCUT2D eigenvalue weighted by atomic mass is 10.0. The van der Waals surface area contributed by atoms with Crippen molar-refractivity contribution in [3.8, 4) is 16.9 Å². The van der Waals surface area contributed by atoms with Gasteiger partial charge in [0.05, 0.1) is 11.7 Å². The summed E-state index contributed by atoms with van der Waals surface area (Å²) in [4.78, 5) is 20.0. The van der Waals surface area contributed by atoms with Crippen LogP contribution in [0.4, 0.5) is 0 Å². The number of hydrogen-bond donors (Lipinski definition) is 1. The molecule has 2 fully saturated rings. The Morgan fingerprint density at radius 1 is 1.14 bits per heavy atom. The smallest absolute Gasteiger partial charge is 0.335 e. The van der Waals surface area contributed by atoms with Gasteiger partial charge in [-0.25, -0.2) is 14.8 Å². The maximum absolute atomic E-state index is 11.2.